The Morgan fingerprint density at radius 2 is 2.06 bits per heavy atom. The van der Waals surface area contributed by atoms with E-state index in [-0.39, 0.29) is 0 Å². The zero-order valence-corrected chi connectivity index (χ0v) is 10.9. The number of aryl methyl sites for hydroxylation is 1. The second-order valence-electron chi connectivity index (χ2n) is 4.54. The maximum Gasteiger partial charge on any atom is 0.0645 e. The highest BCUT2D eigenvalue weighted by Crippen LogP contribution is 2.11. The third kappa shape index (κ3) is 2.97. The molecule has 1 aromatic heterocycles. The lowest BCUT2D eigenvalue weighted by molar-refractivity contribution is 0.555. The van der Waals surface area contributed by atoms with Crippen molar-refractivity contribution in [3.63, 3.8) is 0 Å². The monoisotopic (exact) mass is 244 g/mol. The smallest absolute Gasteiger partial charge is 0.0645 e. The number of benzene rings is 1. The van der Waals surface area contributed by atoms with Crippen LogP contribution in [0, 0.1) is 6.92 Å². The van der Waals surface area contributed by atoms with Crippen LogP contribution in [-0.2, 0) is 6.54 Å². The molecule has 0 saturated carbocycles. The maximum atomic E-state index is 5.59. The Kier molecular flexibility index (Phi) is 4.12. The Morgan fingerprint density at radius 3 is 2.72 bits per heavy atom. The van der Waals surface area contributed by atoms with E-state index in [1.165, 1.54) is 5.56 Å². The van der Waals surface area contributed by atoms with E-state index >= 15 is 0 Å². The predicted molar refractivity (Wildman–Crippen MR) is 73.7 cm³/mol. The number of hydrogen-bond acceptors (Lipinski definition) is 3. The normalized spacial score (nSPS) is 12.6. The number of nitrogens with one attached hydrogen (secondary N) is 1. The van der Waals surface area contributed by atoms with Crippen LogP contribution < -0.4 is 11.1 Å². The summed E-state index contributed by atoms with van der Waals surface area (Å²) < 4.78 is 1.92. The second-order valence-corrected chi connectivity index (χ2v) is 4.54. The SMILES string of the molecule is Cc1nn(-c2ccccc2)cc1CN[C@H](C)CN. The summed E-state index contributed by atoms with van der Waals surface area (Å²) in [6, 6.07) is 10.5. The molecule has 0 spiro atoms. The largest absolute Gasteiger partial charge is 0.329 e. The summed E-state index contributed by atoms with van der Waals surface area (Å²) in [6.07, 6.45) is 2.07. The number of nitrogens with two attached hydrogens (primary N) is 1. The summed E-state index contributed by atoms with van der Waals surface area (Å²) in [5.41, 5.74) is 8.93. The lowest BCUT2D eigenvalue weighted by Crippen LogP contribution is -2.32. The van der Waals surface area contributed by atoms with Crippen LogP contribution in [0.3, 0.4) is 0 Å². The molecule has 0 radical (unpaired) electrons. The first-order chi connectivity index (χ1) is 8.70. The van der Waals surface area contributed by atoms with Crippen molar-refractivity contribution in [3.8, 4) is 5.69 Å². The van der Waals surface area contributed by atoms with Crippen LogP contribution in [0.1, 0.15) is 18.2 Å². The first-order valence-corrected chi connectivity index (χ1v) is 6.24. The summed E-state index contributed by atoms with van der Waals surface area (Å²) in [5, 5.41) is 7.91. The average molecular weight is 244 g/mol. The standard InChI is InChI=1S/C14H20N4/c1-11(8-15)16-9-13-10-18(17-12(13)2)14-6-4-3-5-7-14/h3-7,10-11,16H,8-9,15H2,1-2H3/t11-/m1/s1. The van der Waals surface area contributed by atoms with E-state index in [1.54, 1.807) is 0 Å². The highest BCUT2D eigenvalue weighted by Gasteiger charge is 2.07. The van der Waals surface area contributed by atoms with Gasteiger partial charge in [0.15, 0.2) is 0 Å². The lowest BCUT2D eigenvalue weighted by atomic mass is 10.2. The molecule has 0 unspecified atom stereocenters. The number of para-hydroxylation sites is 1. The fourth-order valence-electron chi connectivity index (χ4n) is 1.75. The first kappa shape index (κ1) is 12.8. The third-order valence-corrected chi connectivity index (χ3v) is 3.02. The minimum absolute atomic E-state index is 0.324. The van der Waals surface area contributed by atoms with Gasteiger partial charge >= 0.3 is 0 Å². The number of nitrogens with zero attached hydrogens (tertiary/aromatic N) is 2. The summed E-state index contributed by atoms with van der Waals surface area (Å²) in [4.78, 5) is 0. The van der Waals surface area contributed by atoms with Crippen molar-refractivity contribution in [3.05, 3.63) is 47.8 Å². The van der Waals surface area contributed by atoms with Gasteiger partial charge in [0.05, 0.1) is 11.4 Å². The van der Waals surface area contributed by atoms with Crippen LogP contribution in [-0.4, -0.2) is 22.4 Å². The van der Waals surface area contributed by atoms with E-state index in [1.807, 2.05) is 41.9 Å². The molecule has 1 heterocycles. The molecule has 0 fully saturated rings. The van der Waals surface area contributed by atoms with E-state index < -0.39 is 0 Å². The number of hydrogen-bond donors (Lipinski definition) is 2. The molecule has 3 N–H and O–H groups in total. The van der Waals surface area contributed by atoms with E-state index in [2.05, 4.69) is 23.5 Å². The van der Waals surface area contributed by atoms with E-state index in [4.69, 9.17) is 5.73 Å². The Bertz CT molecular complexity index is 490. The van der Waals surface area contributed by atoms with Gasteiger partial charge in [0.1, 0.15) is 0 Å². The Balaban J connectivity index is 2.12. The zero-order valence-electron chi connectivity index (χ0n) is 10.9. The molecule has 4 nitrogen and oxygen atoms in total. The van der Waals surface area contributed by atoms with Gasteiger partial charge in [-0.1, -0.05) is 18.2 Å². The van der Waals surface area contributed by atoms with E-state index in [9.17, 15) is 0 Å². The Labute approximate surface area is 108 Å². The summed E-state index contributed by atoms with van der Waals surface area (Å²) >= 11 is 0. The van der Waals surface area contributed by atoms with Crippen LogP contribution in [0.25, 0.3) is 5.69 Å². The molecule has 4 heteroatoms. The highest BCUT2D eigenvalue weighted by molar-refractivity contribution is 5.32. The summed E-state index contributed by atoms with van der Waals surface area (Å²) in [5.74, 6) is 0. The molecule has 0 aliphatic rings. The van der Waals surface area contributed by atoms with Gasteiger partial charge < -0.3 is 11.1 Å². The van der Waals surface area contributed by atoms with E-state index in [0.717, 1.165) is 17.9 Å². The van der Waals surface area contributed by atoms with Crippen molar-refractivity contribution < 1.29 is 0 Å². The highest BCUT2D eigenvalue weighted by atomic mass is 15.3. The van der Waals surface area contributed by atoms with Gasteiger partial charge in [-0.25, -0.2) is 4.68 Å². The Morgan fingerprint density at radius 1 is 1.33 bits per heavy atom. The maximum absolute atomic E-state index is 5.59. The minimum atomic E-state index is 0.324. The van der Waals surface area contributed by atoms with Gasteiger partial charge in [-0.3, -0.25) is 0 Å². The van der Waals surface area contributed by atoms with Crippen molar-refractivity contribution in [2.45, 2.75) is 26.4 Å². The zero-order chi connectivity index (χ0) is 13.0. The average Bonchev–Trinajstić information content (AvgIpc) is 2.78. The molecule has 2 aromatic rings. The van der Waals surface area contributed by atoms with Crippen molar-refractivity contribution in [2.24, 2.45) is 5.73 Å². The first-order valence-electron chi connectivity index (χ1n) is 6.24. The second kappa shape index (κ2) is 5.80. The molecule has 96 valence electrons. The molecular weight excluding hydrogens is 224 g/mol. The lowest BCUT2D eigenvalue weighted by Gasteiger charge is -2.09. The molecule has 0 aliphatic heterocycles. The topological polar surface area (TPSA) is 55.9 Å². The summed E-state index contributed by atoms with van der Waals surface area (Å²) in [6.45, 7) is 5.56. The molecule has 0 aliphatic carbocycles. The van der Waals surface area contributed by atoms with Crippen LogP contribution >= 0.6 is 0 Å². The molecule has 0 saturated heterocycles. The molecule has 2 rings (SSSR count). The van der Waals surface area contributed by atoms with Crippen molar-refractivity contribution >= 4 is 0 Å². The molecular formula is C14H20N4. The van der Waals surface area contributed by atoms with Gasteiger partial charge in [0, 0.05) is 30.9 Å². The minimum Gasteiger partial charge on any atom is -0.329 e. The fraction of sp³-hybridized carbons (Fsp3) is 0.357. The van der Waals surface area contributed by atoms with Crippen molar-refractivity contribution in [1.82, 2.24) is 15.1 Å². The van der Waals surface area contributed by atoms with Crippen LogP contribution in [0.2, 0.25) is 0 Å². The van der Waals surface area contributed by atoms with Gasteiger partial charge in [0.2, 0.25) is 0 Å². The molecule has 0 bridgehead atoms. The van der Waals surface area contributed by atoms with Gasteiger partial charge in [-0.2, -0.15) is 5.10 Å². The number of rotatable bonds is 5. The Hall–Kier alpha value is -1.65. The van der Waals surface area contributed by atoms with Crippen LogP contribution in [0.15, 0.2) is 36.5 Å². The molecule has 18 heavy (non-hydrogen) atoms. The fourth-order valence-corrected chi connectivity index (χ4v) is 1.75. The van der Waals surface area contributed by atoms with Gasteiger partial charge in [-0.15, -0.1) is 0 Å². The van der Waals surface area contributed by atoms with Crippen LogP contribution in [0.5, 0.6) is 0 Å². The quantitative estimate of drug-likeness (QED) is 0.840. The molecule has 1 aromatic carbocycles. The summed E-state index contributed by atoms with van der Waals surface area (Å²) in [7, 11) is 0. The third-order valence-electron chi connectivity index (χ3n) is 3.02. The van der Waals surface area contributed by atoms with E-state index in [0.29, 0.717) is 12.6 Å². The molecule has 1 atom stereocenters. The van der Waals surface area contributed by atoms with Gasteiger partial charge in [-0.05, 0) is 26.0 Å². The van der Waals surface area contributed by atoms with Crippen molar-refractivity contribution in [2.75, 3.05) is 6.54 Å². The van der Waals surface area contributed by atoms with Gasteiger partial charge in [0.25, 0.3) is 0 Å². The predicted octanol–water partition coefficient (Wildman–Crippen LogP) is 1.62. The van der Waals surface area contributed by atoms with Crippen LogP contribution in [0.4, 0.5) is 0 Å². The molecule has 0 amide bonds. The number of aromatic nitrogens is 2. The van der Waals surface area contributed by atoms with Crippen molar-refractivity contribution in [1.29, 1.82) is 0 Å².